The molecule has 12 rings (SSSR count). The van der Waals surface area contributed by atoms with Crippen LogP contribution in [0.25, 0.3) is 121 Å². The molecule has 0 saturated heterocycles. The van der Waals surface area contributed by atoms with Gasteiger partial charge in [-0.05, 0) is 80.8 Å². The molecule has 6 heterocycles. The number of pyridine rings is 4. The Balaban J connectivity index is 1.01. The molecule has 0 radical (unpaired) electrons. The van der Waals surface area contributed by atoms with Crippen LogP contribution >= 0.6 is 0 Å². The molecular formula is C48H26N10. The van der Waals surface area contributed by atoms with Crippen molar-refractivity contribution < 1.29 is 0 Å². The van der Waals surface area contributed by atoms with E-state index >= 15 is 0 Å². The molecule has 0 aliphatic rings. The first kappa shape index (κ1) is 32.0. The molecule has 6 aromatic heterocycles. The average molecular weight is 743 g/mol. The van der Waals surface area contributed by atoms with Gasteiger partial charge in [-0.15, -0.1) is 0 Å². The molecule has 0 fully saturated rings. The summed E-state index contributed by atoms with van der Waals surface area (Å²) in [6.07, 6.45) is 10.3. The van der Waals surface area contributed by atoms with Crippen LogP contribution in [0, 0.1) is 0 Å². The number of hydrogen-bond acceptors (Lipinski definition) is 10. The van der Waals surface area contributed by atoms with Crippen LogP contribution < -0.4 is 0 Å². The fourth-order valence-electron chi connectivity index (χ4n) is 8.30. The molecule has 0 atom stereocenters. The summed E-state index contributed by atoms with van der Waals surface area (Å²) in [6.45, 7) is 0. The molecule has 10 heteroatoms. The van der Waals surface area contributed by atoms with Gasteiger partial charge in [0.15, 0.2) is 23.3 Å². The van der Waals surface area contributed by atoms with E-state index in [1.165, 1.54) is 0 Å². The zero-order valence-electron chi connectivity index (χ0n) is 30.5. The Kier molecular flexibility index (Phi) is 6.99. The highest BCUT2D eigenvalue weighted by atomic mass is 15.0. The summed E-state index contributed by atoms with van der Waals surface area (Å²) in [5.41, 5.74) is 6.87. The van der Waals surface area contributed by atoms with Crippen molar-refractivity contribution in [2.24, 2.45) is 0 Å². The molecule has 0 bridgehead atoms. The summed E-state index contributed by atoms with van der Waals surface area (Å²) in [5.74, 6) is 2.31. The molecular weight excluding hydrogens is 717 g/mol. The lowest BCUT2D eigenvalue weighted by atomic mass is 9.92. The zero-order chi connectivity index (χ0) is 38.2. The second-order valence-corrected chi connectivity index (χ2v) is 14.1. The van der Waals surface area contributed by atoms with E-state index in [2.05, 4.69) is 103 Å². The van der Waals surface area contributed by atoms with Crippen molar-refractivity contribution in [3.05, 3.63) is 159 Å². The molecule has 10 nitrogen and oxygen atoms in total. The highest BCUT2D eigenvalue weighted by Crippen LogP contribution is 2.40. The summed E-state index contributed by atoms with van der Waals surface area (Å²) >= 11 is 0. The Labute approximate surface area is 329 Å². The van der Waals surface area contributed by atoms with Gasteiger partial charge >= 0.3 is 0 Å². The number of hydrogen-bond donors (Lipinski definition) is 0. The number of rotatable bonds is 4. The van der Waals surface area contributed by atoms with E-state index < -0.39 is 0 Å². The lowest BCUT2D eigenvalue weighted by Gasteiger charge is -2.14. The number of nitrogens with zero attached hydrogens (tertiary/aromatic N) is 10. The van der Waals surface area contributed by atoms with Crippen LogP contribution in [0.2, 0.25) is 0 Å². The molecule has 0 saturated carbocycles. The fourth-order valence-corrected chi connectivity index (χ4v) is 8.30. The van der Waals surface area contributed by atoms with Gasteiger partial charge in [-0.1, -0.05) is 72.8 Å². The van der Waals surface area contributed by atoms with Gasteiger partial charge in [0.25, 0.3) is 0 Å². The van der Waals surface area contributed by atoms with E-state index in [1.807, 2.05) is 48.5 Å². The van der Waals surface area contributed by atoms with Crippen molar-refractivity contribution in [1.29, 1.82) is 0 Å². The second kappa shape index (κ2) is 12.7. The topological polar surface area (TPSA) is 129 Å². The van der Waals surface area contributed by atoms with Crippen molar-refractivity contribution in [1.82, 2.24) is 49.8 Å². The first-order chi connectivity index (χ1) is 28.7. The average Bonchev–Trinajstić information content (AvgIpc) is 3.30. The van der Waals surface area contributed by atoms with E-state index in [0.717, 1.165) is 98.2 Å². The first-order valence-corrected chi connectivity index (χ1v) is 18.8. The molecule has 12 aromatic rings. The summed E-state index contributed by atoms with van der Waals surface area (Å²) in [6, 6.07) is 41.3. The third kappa shape index (κ3) is 4.98. The SMILES string of the molecule is c1cnc2c(c1)cc(-c1ncnc(-c3ccc4ccc5cc(-c6ncnc(-c7cc8cccnc8c8ncccc78)n6)c6ccccc6c5c4c3)n1)c1cccnc12. The Morgan fingerprint density at radius 2 is 0.759 bits per heavy atom. The van der Waals surface area contributed by atoms with Gasteiger partial charge in [-0.2, -0.15) is 0 Å². The molecule has 6 aromatic carbocycles. The van der Waals surface area contributed by atoms with Gasteiger partial charge in [-0.3, -0.25) is 19.9 Å². The summed E-state index contributed by atoms with van der Waals surface area (Å²) in [7, 11) is 0. The normalized spacial score (nSPS) is 11.8. The van der Waals surface area contributed by atoms with Gasteiger partial charge < -0.3 is 0 Å². The van der Waals surface area contributed by atoms with Crippen LogP contribution in [-0.2, 0) is 0 Å². The van der Waals surface area contributed by atoms with Gasteiger partial charge in [-0.25, -0.2) is 29.9 Å². The smallest absolute Gasteiger partial charge is 0.164 e. The molecule has 0 spiro atoms. The third-order valence-corrected chi connectivity index (χ3v) is 10.9. The number of aromatic nitrogens is 10. The standard InChI is InChI=1S/C48H26N10/c1-2-10-33-32(9-1)37(46-55-26-56-48(58-46)39-23-30-8-4-18-50-42(30)44-35(39)12-6-20-52-44)21-28-15-13-27-14-16-31(24-36(27)40(28)33)45-53-25-54-47(57-45)38-22-29-7-3-17-49-41(29)43-34(38)11-5-19-51-43/h1-26H. The predicted molar refractivity (Wildman–Crippen MR) is 229 cm³/mol. The Bertz CT molecular complexity index is 3660. The maximum Gasteiger partial charge on any atom is 0.164 e. The van der Waals surface area contributed by atoms with Crippen molar-refractivity contribution in [2.45, 2.75) is 0 Å². The fraction of sp³-hybridized carbons (Fsp3) is 0. The number of fused-ring (bicyclic) bond motifs is 11. The van der Waals surface area contributed by atoms with Gasteiger partial charge in [0.05, 0.1) is 22.1 Å². The van der Waals surface area contributed by atoms with Gasteiger partial charge in [0, 0.05) is 68.6 Å². The van der Waals surface area contributed by atoms with Crippen LogP contribution in [0.4, 0.5) is 0 Å². The van der Waals surface area contributed by atoms with Crippen LogP contribution in [0.1, 0.15) is 0 Å². The number of benzene rings is 6. The minimum atomic E-state index is 0.572. The van der Waals surface area contributed by atoms with Gasteiger partial charge in [0.1, 0.15) is 12.7 Å². The summed E-state index contributed by atoms with van der Waals surface area (Å²) in [4.78, 5) is 47.5. The highest BCUT2D eigenvalue weighted by molar-refractivity contribution is 6.23. The highest BCUT2D eigenvalue weighted by Gasteiger charge is 2.18. The lowest BCUT2D eigenvalue weighted by molar-refractivity contribution is 1.07. The van der Waals surface area contributed by atoms with Crippen LogP contribution in [0.15, 0.2) is 159 Å². The Hall–Kier alpha value is -8.24. The first-order valence-electron chi connectivity index (χ1n) is 18.8. The predicted octanol–water partition coefficient (Wildman–Crippen LogP) is 10.4. The van der Waals surface area contributed by atoms with Crippen molar-refractivity contribution in [2.75, 3.05) is 0 Å². The van der Waals surface area contributed by atoms with E-state index in [4.69, 9.17) is 19.9 Å². The van der Waals surface area contributed by atoms with Crippen LogP contribution in [0.5, 0.6) is 0 Å². The maximum absolute atomic E-state index is 5.11. The van der Waals surface area contributed by atoms with Crippen LogP contribution in [-0.4, -0.2) is 49.8 Å². The lowest BCUT2D eigenvalue weighted by Crippen LogP contribution is -1.98. The zero-order valence-corrected chi connectivity index (χ0v) is 30.5. The minimum Gasteiger partial charge on any atom is -0.254 e. The molecule has 0 aliphatic heterocycles. The monoisotopic (exact) mass is 742 g/mol. The molecule has 0 amide bonds. The van der Waals surface area contributed by atoms with Crippen molar-refractivity contribution in [3.63, 3.8) is 0 Å². The third-order valence-electron chi connectivity index (χ3n) is 10.9. The second-order valence-electron chi connectivity index (χ2n) is 14.1. The molecule has 268 valence electrons. The van der Waals surface area contributed by atoms with E-state index in [9.17, 15) is 0 Å². The summed E-state index contributed by atoms with van der Waals surface area (Å²) in [5, 5.41) is 10.3. The quantitative estimate of drug-likeness (QED) is 0.161. The Morgan fingerprint density at radius 1 is 0.293 bits per heavy atom. The van der Waals surface area contributed by atoms with Crippen molar-refractivity contribution >= 4 is 75.9 Å². The Morgan fingerprint density at radius 3 is 1.40 bits per heavy atom. The molecule has 0 N–H and O–H groups in total. The van der Waals surface area contributed by atoms with Gasteiger partial charge in [0.2, 0.25) is 0 Å². The molecule has 0 unspecified atom stereocenters. The molecule has 0 aliphatic carbocycles. The van der Waals surface area contributed by atoms with E-state index in [0.29, 0.717) is 23.3 Å². The maximum atomic E-state index is 5.11. The van der Waals surface area contributed by atoms with E-state index in [-0.39, 0.29) is 0 Å². The van der Waals surface area contributed by atoms with E-state index in [1.54, 1.807) is 37.4 Å². The minimum absolute atomic E-state index is 0.572. The largest absolute Gasteiger partial charge is 0.254 e. The van der Waals surface area contributed by atoms with Crippen LogP contribution in [0.3, 0.4) is 0 Å². The molecule has 58 heavy (non-hydrogen) atoms. The summed E-state index contributed by atoms with van der Waals surface area (Å²) < 4.78 is 0. The van der Waals surface area contributed by atoms with Crippen molar-refractivity contribution in [3.8, 4) is 45.6 Å².